The number of carbonyl (C=O) groups excluding carboxylic acids is 2. The number of nitro benzene ring substituents is 1. The van der Waals surface area contributed by atoms with E-state index in [1.165, 1.54) is 18.2 Å². The van der Waals surface area contributed by atoms with Gasteiger partial charge in [-0.05, 0) is 5.56 Å². The molecule has 1 aromatic heterocycles. The van der Waals surface area contributed by atoms with Gasteiger partial charge in [0.05, 0.1) is 17.7 Å². The van der Waals surface area contributed by atoms with Gasteiger partial charge in [-0.1, -0.05) is 72.8 Å². The van der Waals surface area contributed by atoms with Crippen molar-refractivity contribution >= 4 is 17.4 Å². The van der Waals surface area contributed by atoms with Crippen LogP contribution in [0.4, 0.5) is 5.69 Å². The van der Waals surface area contributed by atoms with Crippen LogP contribution in [-0.2, 0) is 11.3 Å². The largest absolute Gasteiger partial charge is 0.465 e. The molecule has 0 amide bonds. The number of hydrogen-bond acceptors (Lipinski definition) is 7. The molecule has 3 aromatic carbocycles. The van der Waals surface area contributed by atoms with Gasteiger partial charge in [0, 0.05) is 28.8 Å². The standard InChI is InChI=1S/C26H19N3O6/c1-35-26(32)23-22(17-9-4-2-5-10-17)24(18-11-6-3-7-12-18)27-28(25(23)31)16-21(30)19-13-8-14-20(15-19)29(33)34/h2-15H,16H2,1H3. The summed E-state index contributed by atoms with van der Waals surface area (Å²) >= 11 is 0. The maximum atomic E-state index is 13.4. The molecule has 0 N–H and O–H groups in total. The van der Waals surface area contributed by atoms with Gasteiger partial charge in [0.2, 0.25) is 0 Å². The minimum absolute atomic E-state index is 0.0425. The van der Waals surface area contributed by atoms with E-state index < -0.39 is 28.8 Å². The molecule has 0 radical (unpaired) electrons. The predicted octanol–water partition coefficient (Wildman–Crippen LogP) is 4.16. The molecule has 1 heterocycles. The van der Waals surface area contributed by atoms with Crippen molar-refractivity contribution in [1.29, 1.82) is 0 Å². The number of Topliss-reactive ketones (excluding diaryl/α,β-unsaturated/α-hetero) is 1. The van der Waals surface area contributed by atoms with Gasteiger partial charge in [-0.25, -0.2) is 9.48 Å². The smallest absolute Gasteiger partial charge is 0.344 e. The normalized spacial score (nSPS) is 10.5. The number of ketones is 1. The lowest BCUT2D eigenvalue weighted by Gasteiger charge is -2.16. The lowest BCUT2D eigenvalue weighted by molar-refractivity contribution is -0.384. The average molecular weight is 469 g/mol. The second-order valence-electron chi connectivity index (χ2n) is 7.52. The van der Waals surface area contributed by atoms with E-state index in [2.05, 4.69) is 5.10 Å². The third kappa shape index (κ3) is 4.74. The molecule has 4 aromatic rings. The summed E-state index contributed by atoms with van der Waals surface area (Å²) in [5, 5.41) is 15.6. The van der Waals surface area contributed by atoms with Crippen LogP contribution in [0.1, 0.15) is 20.7 Å². The minimum atomic E-state index is -0.870. The van der Waals surface area contributed by atoms with Crippen molar-refractivity contribution in [2.24, 2.45) is 0 Å². The highest BCUT2D eigenvalue weighted by Gasteiger charge is 2.26. The Labute approximate surface area is 199 Å². The molecule has 0 aliphatic heterocycles. The molecule has 0 saturated carbocycles. The summed E-state index contributed by atoms with van der Waals surface area (Å²) in [7, 11) is 1.16. The van der Waals surface area contributed by atoms with Crippen LogP contribution >= 0.6 is 0 Å². The molecular weight excluding hydrogens is 450 g/mol. The fourth-order valence-corrected chi connectivity index (χ4v) is 3.67. The van der Waals surface area contributed by atoms with E-state index in [0.717, 1.165) is 17.9 Å². The lowest BCUT2D eigenvalue weighted by Crippen LogP contribution is -2.33. The second-order valence-corrected chi connectivity index (χ2v) is 7.52. The van der Waals surface area contributed by atoms with E-state index in [-0.39, 0.29) is 22.4 Å². The van der Waals surface area contributed by atoms with Crippen molar-refractivity contribution in [3.63, 3.8) is 0 Å². The van der Waals surface area contributed by atoms with E-state index in [0.29, 0.717) is 16.8 Å². The Morgan fingerprint density at radius 1 is 0.943 bits per heavy atom. The summed E-state index contributed by atoms with van der Waals surface area (Å²) in [6, 6.07) is 22.9. The monoisotopic (exact) mass is 469 g/mol. The predicted molar refractivity (Wildman–Crippen MR) is 128 cm³/mol. The van der Waals surface area contributed by atoms with Crippen molar-refractivity contribution in [3.05, 3.63) is 117 Å². The first-order chi connectivity index (χ1) is 16.9. The number of hydrogen-bond donors (Lipinski definition) is 0. The number of aromatic nitrogens is 2. The fraction of sp³-hybridized carbons (Fsp3) is 0.0769. The van der Waals surface area contributed by atoms with Gasteiger partial charge >= 0.3 is 5.97 Å². The third-order valence-electron chi connectivity index (χ3n) is 5.33. The van der Waals surface area contributed by atoms with Crippen molar-refractivity contribution in [2.75, 3.05) is 7.11 Å². The number of non-ortho nitro benzene ring substituents is 1. The van der Waals surface area contributed by atoms with Crippen molar-refractivity contribution < 1.29 is 19.2 Å². The second kappa shape index (κ2) is 9.92. The zero-order chi connectivity index (χ0) is 24.9. The highest BCUT2D eigenvalue weighted by atomic mass is 16.6. The van der Waals surface area contributed by atoms with Gasteiger partial charge < -0.3 is 4.74 Å². The van der Waals surface area contributed by atoms with Gasteiger partial charge in [-0.3, -0.25) is 19.7 Å². The molecule has 0 saturated heterocycles. The van der Waals surface area contributed by atoms with Gasteiger partial charge in [-0.2, -0.15) is 5.10 Å². The number of nitrogens with zero attached hydrogens (tertiary/aromatic N) is 3. The van der Waals surface area contributed by atoms with Gasteiger partial charge in [-0.15, -0.1) is 0 Å². The quantitative estimate of drug-likeness (QED) is 0.172. The maximum absolute atomic E-state index is 13.4. The molecule has 4 rings (SSSR count). The summed E-state index contributed by atoms with van der Waals surface area (Å²) in [5.74, 6) is -1.45. The van der Waals surface area contributed by atoms with Crippen LogP contribution in [0, 0.1) is 10.1 Å². The number of rotatable bonds is 7. The lowest BCUT2D eigenvalue weighted by atomic mass is 9.95. The Bertz CT molecular complexity index is 1480. The molecule has 35 heavy (non-hydrogen) atoms. The molecule has 0 spiro atoms. The first kappa shape index (κ1) is 23.2. The molecule has 0 aliphatic rings. The summed E-state index contributed by atoms with van der Waals surface area (Å²) in [6.45, 7) is -0.529. The molecule has 9 nitrogen and oxygen atoms in total. The van der Waals surface area contributed by atoms with Crippen LogP contribution < -0.4 is 5.56 Å². The van der Waals surface area contributed by atoms with Crippen LogP contribution in [0.25, 0.3) is 22.4 Å². The van der Waals surface area contributed by atoms with Gasteiger partial charge in [0.1, 0.15) is 12.1 Å². The van der Waals surface area contributed by atoms with Crippen LogP contribution in [-0.4, -0.2) is 33.6 Å². The Balaban J connectivity index is 1.93. The summed E-state index contributed by atoms with van der Waals surface area (Å²) < 4.78 is 5.81. The number of methoxy groups -OCH3 is 1. The zero-order valence-electron chi connectivity index (χ0n) is 18.6. The average Bonchev–Trinajstić information content (AvgIpc) is 2.90. The summed E-state index contributed by atoms with van der Waals surface area (Å²) in [5.41, 5.74) is 0.503. The van der Waals surface area contributed by atoms with Crippen LogP contribution in [0.3, 0.4) is 0 Å². The van der Waals surface area contributed by atoms with E-state index in [4.69, 9.17) is 4.74 Å². The zero-order valence-corrected chi connectivity index (χ0v) is 18.6. The number of esters is 1. The first-order valence-electron chi connectivity index (χ1n) is 10.5. The maximum Gasteiger partial charge on any atom is 0.344 e. The molecule has 0 atom stereocenters. The molecule has 174 valence electrons. The molecule has 9 heteroatoms. The van der Waals surface area contributed by atoms with Crippen LogP contribution in [0.2, 0.25) is 0 Å². The van der Waals surface area contributed by atoms with Gasteiger partial charge in [0.25, 0.3) is 11.2 Å². The fourth-order valence-electron chi connectivity index (χ4n) is 3.67. The highest BCUT2D eigenvalue weighted by molar-refractivity contribution is 6.01. The summed E-state index contributed by atoms with van der Waals surface area (Å²) in [4.78, 5) is 49.7. The summed E-state index contributed by atoms with van der Waals surface area (Å²) in [6.07, 6.45) is 0. The van der Waals surface area contributed by atoms with Crippen molar-refractivity contribution in [1.82, 2.24) is 9.78 Å². The van der Waals surface area contributed by atoms with Crippen molar-refractivity contribution in [2.45, 2.75) is 6.54 Å². The Morgan fingerprint density at radius 3 is 2.17 bits per heavy atom. The molecular formula is C26H19N3O6. The van der Waals surface area contributed by atoms with Crippen molar-refractivity contribution in [3.8, 4) is 22.4 Å². The number of benzene rings is 3. The first-order valence-corrected chi connectivity index (χ1v) is 10.5. The Kier molecular flexibility index (Phi) is 6.59. The molecule has 0 unspecified atom stereocenters. The number of nitro groups is 1. The highest BCUT2D eigenvalue weighted by Crippen LogP contribution is 2.32. The topological polar surface area (TPSA) is 121 Å². The molecule has 0 bridgehead atoms. The number of ether oxygens (including phenoxy) is 1. The third-order valence-corrected chi connectivity index (χ3v) is 5.33. The minimum Gasteiger partial charge on any atom is -0.465 e. The molecule has 0 fully saturated rings. The van der Waals surface area contributed by atoms with E-state index >= 15 is 0 Å². The van der Waals surface area contributed by atoms with E-state index in [9.17, 15) is 24.5 Å². The van der Waals surface area contributed by atoms with E-state index in [1.54, 1.807) is 54.6 Å². The van der Waals surface area contributed by atoms with Gasteiger partial charge in [0.15, 0.2) is 5.78 Å². The Morgan fingerprint density at radius 2 is 1.57 bits per heavy atom. The SMILES string of the molecule is COC(=O)c1c(-c2ccccc2)c(-c2ccccc2)nn(CC(=O)c2cccc([N+](=O)[O-])c2)c1=O. The number of carbonyl (C=O) groups is 2. The Hall–Kier alpha value is -4.92. The van der Waals surface area contributed by atoms with E-state index in [1.807, 2.05) is 6.07 Å². The van der Waals surface area contributed by atoms with Crippen LogP contribution in [0.15, 0.2) is 89.7 Å². The van der Waals surface area contributed by atoms with Crippen LogP contribution in [0.5, 0.6) is 0 Å². The molecule has 0 aliphatic carbocycles.